The van der Waals surface area contributed by atoms with Crippen molar-refractivity contribution in [1.82, 2.24) is 15.5 Å². The summed E-state index contributed by atoms with van der Waals surface area (Å²) in [6.45, 7) is 5.95. The van der Waals surface area contributed by atoms with Gasteiger partial charge >= 0.3 is 0 Å². The third-order valence-electron chi connectivity index (χ3n) is 3.59. The molecule has 3 rings (SSSR count). The van der Waals surface area contributed by atoms with Gasteiger partial charge in [0.15, 0.2) is 0 Å². The fraction of sp³-hybridized carbons (Fsp3) is 0.294. The average molecular weight is 281 g/mol. The largest absolute Gasteiger partial charge is 0.339 e. The normalized spacial score (nSPS) is 12.7. The summed E-state index contributed by atoms with van der Waals surface area (Å²) in [6.07, 6.45) is 0. The van der Waals surface area contributed by atoms with Crippen molar-refractivity contribution >= 4 is 10.8 Å². The molecule has 21 heavy (non-hydrogen) atoms. The summed E-state index contributed by atoms with van der Waals surface area (Å²) in [6, 6.07) is 14.4. The van der Waals surface area contributed by atoms with Crippen molar-refractivity contribution in [3.8, 4) is 11.4 Å². The van der Waals surface area contributed by atoms with Gasteiger partial charge < -0.3 is 9.84 Å². The summed E-state index contributed by atoms with van der Waals surface area (Å²) in [5, 5.41) is 9.78. The van der Waals surface area contributed by atoms with Gasteiger partial charge in [-0.05, 0) is 17.3 Å². The molecule has 0 spiro atoms. The fourth-order valence-corrected chi connectivity index (χ4v) is 2.41. The molecule has 0 saturated heterocycles. The predicted octanol–water partition coefficient (Wildman–Crippen LogP) is 3.60. The maximum atomic E-state index is 5.43. The summed E-state index contributed by atoms with van der Waals surface area (Å²) in [4.78, 5) is 4.57. The van der Waals surface area contributed by atoms with Gasteiger partial charge in [0.25, 0.3) is 0 Å². The van der Waals surface area contributed by atoms with Crippen molar-refractivity contribution < 1.29 is 4.52 Å². The zero-order valence-corrected chi connectivity index (χ0v) is 12.3. The van der Waals surface area contributed by atoms with Gasteiger partial charge in [0.05, 0.1) is 0 Å². The molecule has 0 radical (unpaired) electrons. The van der Waals surface area contributed by atoms with E-state index in [2.05, 4.69) is 47.5 Å². The molecular weight excluding hydrogens is 262 g/mol. The van der Waals surface area contributed by atoms with E-state index in [1.165, 1.54) is 5.39 Å². The lowest BCUT2D eigenvalue weighted by atomic mass is 10.0. The van der Waals surface area contributed by atoms with Crippen molar-refractivity contribution in [2.75, 3.05) is 13.1 Å². The van der Waals surface area contributed by atoms with Crippen molar-refractivity contribution in [2.24, 2.45) is 0 Å². The number of hydrogen-bond acceptors (Lipinski definition) is 4. The Bertz CT molecular complexity index is 730. The molecule has 4 nitrogen and oxygen atoms in total. The molecule has 1 unspecified atom stereocenters. The highest BCUT2D eigenvalue weighted by Crippen LogP contribution is 2.27. The third-order valence-corrected chi connectivity index (χ3v) is 3.59. The summed E-state index contributed by atoms with van der Waals surface area (Å²) in [5.74, 6) is 1.55. The molecule has 1 N–H and O–H groups in total. The van der Waals surface area contributed by atoms with Gasteiger partial charge in [-0.2, -0.15) is 4.98 Å². The highest BCUT2D eigenvalue weighted by Gasteiger charge is 2.16. The van der Waals surface area contributed by atoms with Crippen molar-refractivity contribution in [2.45, 2.75) is 19.8 Å². The van der Waals surface area contributed by atoms with Crippen molar-refractivity contribution in [1.29, 1.82) is 0 Å². The van der Waals surface area contributed by atoms with Crippen LogP contribution in [0.1, 0.15) is 25.7 Å². The van der Waals surface area contributed by atoms with Gasteiger partial charge in [-0.1, -0.05) is 61.5 Å². The van der Waals surface area contributed by atoms with Crippen LogP contribution in [0.5, 0.6) is 0 Å². The number of likely N-dealkylation sites (N-methyl/N-ethyl adjacent to an activating group) is 1. The van der Waals surface area contributed by atoms with Crippen LogP contribution in [-0.4, -0.2) is 23.2 Å². The fourth-order valence-electron chi connectivity index (χ4n) is 2.41. The molecule has 0 aliphatic rings. The quantitative estimate of drug-likeness (QED) is 0.776. The second-order valence-electron chi connectivity index (χ2n) is 5.19. The van der Waals surface area contributed by atoms with Crippen LogP contribution in [0.3, 0.4) is 0 Å². The molecule has 108 valence electrons. The Balaban J connectivity index is 1.95. The van der Waals surface area contributed by atoms with E-state index in [9.17, 15) is 0 Å². The minimum atomic E-state index is 0.209. The second-order valence-corrected chi connectivity index (χ2v) is 5.19. The van der Waals surface area contributed by atoms with Crippen LogP contribution in [0.4, 0.5) is 0 Å². The maximum Gasteiger partial charge on any atom is 0.231 e. The number of hydrogen-bond donors (Lipinski definition) is 1. The summed E-state index contributed by atoms with van der Waals surface area (Å²) < 4.78 is 5.43. The highest BCUT2D eigenvalue weighted by atomic mass is 16.5. The third kappa shape index (κ3) is 2.81. The zero-order valence-electron chi connectivity index (χ0n) is 12.3. The summed E-state index contributed by atoms with van der Waals surface area (Å²) in [5.41, 5.74) is 1.01. The summed E-state index contributed by atoms with van der Waals surface area (Å²) in [7, 11) is 0. The monoisotopic (exact) mass is 281 g/mol. The van der Waals surface area contributed by atoms with Gasteiger partial charge in [0, 0.05) is 18.0 Å². The average Bonchev–Trinajstić information content (AvgIpc) is 3.02. The second kappa shape index (κ2) is 6.06. The van der Waals surface area contributed by atoms with Gasteiger partial charge in [-0.25, -0.2) is 0 Å². The van der Waals surface area contributed by atoms with Gasteiger partial charge in [0.2, 0.25) is 11.7 Å². The van der Waals surface area contributed by atoms with E-state index >= 15 is 0 Å². The van der Waals surface area contributed by atoms with E-state index in [0.29, 0.717) is 11.7 Å². The Kier molecular flexibility index (Phi) is 3.97. The number of rotatable bonds is 5. The Morgan fingerprint density at radius 2 is 1.95 bits per heavy atom. The van der Waals surface area contributed by atoms with E-state index < -0.39 is 0 Å². The van der Waals surface area contributed by atoms with Crippen LogP contribution in [0.15, 0.2) is 47.0 Å². The van der Waals surface area contributed by atoms with Gasteiger partial charge in [0.1, 0.15) is 0 Å². The van der Waals surface area contributed by atoms with Crippen LogP contribution in [-0.2, 0) is 0 Å². The van der Waals surface area contributed by atoms with E-state index in [1.807, 2.05) is 24.3 Å². The van der Waals surface area contributed by atoms with E-state index in [1.54, 1.807) is 0 Å². The first-order valence-electron chi connectivity index (χ1n) is 7.32. The SMILES string of the molecule is CCNCC(C)c1nc(-c2cccc3ccccc23)no1. The molecule has 0 amide bonds. The molecule has 2 aromatic carbocycles. The maximum absolute atomic E-state index is 5.43. The Morgan fingerprint density at radius 3 is 2.81 bits per heavy atom. The first-order valence-corrected chi connectivity index (χ1v) is 7.32. The molecule has 3 aromatic rings. The molecule has 0 saturated carbocycles. The van der Waals surface area contributed by atoms with E-state index in [0.717, 1.165) is 24.0 Å². The Hall–Kier alpha value is -2.20. The van der Waals surface area contributed by atoms with Crippen molar-refractivity contribution in [3.05, 3.63) is 48.4 Å². The van der Waals surface area contributed by atoms with Crippen LogP contribution in [0.25, 0.3) is 22.2 Å². The number of benzene rings is 2. The van der Waals surface area contributed by atoms with Crippen LogP contribution < -0.4 is 5.32 Å². The minimum absolute atomic E-state index is 0.209. The molecule has 1 atom stereocenters. The molecule has 0 bridgehead atoms. The molecule has 1 heterocycles. The number of nitrogens with zero attached hydrogens (tertiary/aromatic N) is 2. The van der Waals surface area contributed by atoms with E-state index in [-0.39, 0.29) is 5.92 Å². The topological polar surface area (TPSA) is 51.0 Å². The first kappa shape index (κ1) is 13.8. The Labute approximate surface area is 124 Å². The van der Waals surface area contributed by atoms with Gasteiger partial charge in [-0.15, -0.1) is 0 Å². The standard InChI is InChI=1S/C17H19N3O/c1-3-18-11-12(2)17-19-16(20-21-17)15-10-6-8-13-7-4-5-9-14(13)15/h4-10,12,18H,3,11H2,1-2H3. The summed E-state index contributed by atoms with van der Waals surface area (Å²) >= 11 is 0. The van der Waals surface area contributed by atoms with Crippen molar-refractivity contribution in [3.63, 3.8) is 0 Å². The number of aromatic nitrogens is 2. The first-order chi connectivity index (χ1) is 10.3. The molecule has 0 aliphatic heterocycles. The Morgan fingerprint density at radius 1 is 1.14 bits per heavy atom. The number of fused-ring (bicyclic) bond motifs is 1. The predicted molar refractivity (Wildman–Crippen MR) is 84.2 cm³/mol. The highest BCUT2D eigenvalue weighted by molar-refractivity contribution is 5.94. The van der Waals surface area contributed by atoms with E-state index in [4.69, 9.17) is 4.52 Å². The molecular formula is C17H19N3O. The molecule has 1 aromatic heterocycles. The minimum Gasteiger partial charge on any atom is -0.339 e. The lowest BCUT2D eigenvalue weighted by Crippen LogP contribution is -2.19. The lowest BCUT2D eigenvalue weighted by Gasteiger charge is -2.05. The van der Waals surface area contributed by atoms with Gasteiger partial charge in [-0.3, -0.25) is 0 Å². The lowest BCUT2D eigenvalue weighted by molar-refractivity contribution is 0.355. The number of nitrogens with one attached hydrogen (secondary N) is 1. The zero-order chi connectivity index (χ0) is 14.7. The van der Waals surface area contributed by atoms with Crippen LogP contribution in [0.2, 0.25) is 0 Å². The smallest absolute Gasteiger partial charge is 0.231 e. The molecule has 0 fully saturated rings. The van der Waals surface area contributed by atoms with Crippen LogP contribution >= 0.6 is 0 Å². The van der Waals surface area contributed by atoms with Crippen LogP contribution in [0, 0.1) is 0 Å². The molecule has 0 aliphatic carbocycles. The molecule has 4 heteroatoms.